The number of thiophene rings is 1. The molecule has 2 heterocycles. The smallest absolute Gasteiger partial charge is 0.307 e. The maximum absolute atomic E-state index is 12.8. The van der Waals surface area contributed by atoms with Crippen LogP contribution in [-0.2, 0) is 24.3 Å². The Morgan fingerprint density at radius 2 is 2.18 bits per heavy atom. The van der Waals surface area contributed by atoms with Crippen LogP contribution in [0.15, 0.2) is 11.0 Å². The van der Waals surface area contributed by atoms with Crippen LogP contribution < -0.4 is 5.32 Å². The topological polar surface area (TPSA) is 92.8 Å². The number of rotatable bonds is 4. The molecule has 1 amide bonds. The Morgan fingerprint density at radius 3 is 2.73 bits per heavy atom. The second kappa shape index (κ2) is 6.35. The number of methoxy groups -OCH3 is 1. The number of carbonyl (C=O) groups excluding carboxylic acids is 2. The molecule has 0 spiro atoms. The number of nitrogens with one attached hydrogen (secondary N) is 1. The van der Waals surface area contributed by atoms with Crippen molar-refractivity contribution in [2.75, 3.05) is 20.2 Å². The summed E-state index contributed by atoms with van der Waals surface area (Å²) in [6, 6.07) is 0.516. The van der Waals surface area contributed by atoms with Gasteiger partial charge < -0.3 is 10.1 Å². The molecule has 1 N–H and O–H groups in total. The first kappa shape index (κ1) is 16.9. The van der Waals surface area contributed by atoms with Gasteiger partial charge in [-0.1, -0.05) is 0 Å². The van der Waals surface area contributed by atoms with E-state index in [9.17, 15) is 18.0 Å². The SMILES string of the molecule is COC(=O)CC1C(=O)NCCN1S(=O)(=O)c1cc(C)sc1C. The van der Waals surface area contributed by atoms with E-state index in [1.54, 1.807) is 13.0 Å². The molecule has 1 fully saturated rings. The van der Waals surface area contributed by atoms with Gasteiger partial charge in [0.1, 0.15) is 6.04 Å². The molecule has 122 valence electrons. The van der Waals surface area contributed by atoms with Gasteiger partial charge in [0.05, 0.1) is 18.4 Å². The van der Waals surface area contributed by atoms with Crippen molar-refractivity contribution in [3.8, 4) is 0 Å². The molecule has 0 saturated carbocycles. The highest BCUT2D eigenvalue weighted by Crippen LogP contribution is 2.29. The fourth-order valence-corrected chi connectivity index (χ4v) is 5.52. The van der Waals surface area contributed by atoms with Crippen LogP contribution in [0.25, 0.3) is 0 Å². The van der Waals surface area contributed by atoms with Gasteiger partial charge in [0, 0.05) is 22.8 Å². The Morgan fingerprint density at radius 1 is 1.50 bits per heavy atom. The Balaban J connectivity index is 2.40. The lowest BCUT2D eigenvalue weighted by atomic mass is 10.1. The number of carbonyl (C=O) groups is 2. The van der Waals surface area contributed by atoms with Crippen LogP contribution >= 0.6 is 11.3 Å². The summed E-state index contributed by atoms with van der Waals surface area (Å²) in [5, 5.41) is 2.58. The normalized spacial score (nSPS) is 19.8. The number of aryl methyl sites for hydroxylation is 2. The van der Waals surface area contributed by atoms with Crippen LogP contribution in [0, 0.1) is 13.8 Å². The molecule has 0 radical (unpaired) electrons. The van der Waals surface area contributed by atoms with Crippen LogP contribution in [0.1, 0.15) is 16.2 Å². The lowest BCUT2D eigenvalue weighted by Crippen LogP contribution is -2.57. The van der Waals surface area contributed by atoms with E-state index in [0.29, 0.717) is 4.88 Å². The van der Waals surface area contributed by atoms with Gasteiger partial charge >= 0.3 is 5.97 Å². The van der Waals surface area contributed by atoms with E-state index < -0.39 is 27.9 Å². The zero-order valence-corrected chi connectivity index (χ0v) is 14.2. The highest BCUT2D eigenvalue weighted by atomic mass is 32.2. The average molecular weight is 346 g/mol. The van der Waals surface area contributed by atoms with E-state index in [-0.39, 0.29) is 24.4 Å². The molecule has 2 rings (SSSR count). The first-order valence-electron chi connectivity index (χ1n) is 6.70. The monoisotopic (exact) mass is 346 g/mol. The summed E-state index contributed by atoms with van der Waals surface area (Å²) in [6.07, 6.45) is -0.302. The Bertz CT molecular complexity index is 695. The number of ether oxygens (including phenoxy) is 1. The molecule has 7 nitrogen and oxygen atoms in total. The predicted molar refractivity (Wildman–Crippen MR) is 81.1 cm³/mol. The van der Waals surface area contributed by atoms with Gasteiger partial charge in [0.15, 0.2) is 0 Å². The highest BCUT2D eigenvalue weighted by Gasteiger charge is 2.40. The Kier molecular flexibility index (Phi) is 4.88. The van der Waals surface area contributed by atoms with E-state index in [2.05, 4.69) is 10.1 Å². The first-order chi connectivity index (χ1) is 10.3. The van der Waals surface area contributed by atoms with Crippen molar-refractivity contribution in [3.63, 3.8) is 0 Å². The summed E-state index contributed by atoms with van der Waals surface area (Å²) in [6.45, 7) is 3.90. The van der Waals surface area contributed by atoms with Gasteiger partial charge in [-0.2, -0.15) is 4.31 Å². The second-order valence-corrected chi connectivity index (χ2v) is 8.30. The van der Waals surface area contributed by atoms with E-state index in [4.69, 9.17) is 0 Å². The lowest BCUT2D eigenvalue weighted by Gasteiger charge is -2.33. The highest BCUT2D eigenvalue weighted by molar-refractivity contribution is 7.89. The van der Waals surface area contributed by atoms with Gasteiger partial charge in [-0.15, -0.1) is 11.3 Å². The summed E-state index contributed by atoms with van der Waals surface area (Å²) < 4.78 is 31.3. The van der Waals surface area contributed by atoms with Crippen molar-refractivity contribution in [2.45, 2.75) is 31.2 Å². The van der Waals surface area contributed by atoms with Crippen molar-refractivity contribution in [3.05, 3.63) is 15.8 Å². The minimum atomic E-state index is -3.83. The summed E-state index contributed by atoms with van der Waals surface area (Å²) in [5.74, 6) is -1.11. The summed E-state index contributed by atoms with van der Waals surface area (Å²) >= 11 is 1.38. The molecule has 1 saturated heterocycles. The number of nitrogens with zero attached hydrogens (tertiary/aromatic N) is 1. The lowest BCUT2D eigenvalue weighted by molar-refractivity contribution is -0.144. The number of piperazine rings is 1. The molecule has 1 aromatic heterocycles. The van der Waals surface area contributed by atoms with E-state index in [1.165, 1.54) is 18.4 Å². The third-order valence-corrected chi connectivity index (χ3v) is 6.58. The van der Waals surface area contributed by atoms with E-state index in [0.717, 1.165) is 9.18 Å². The third-order valence-electron chi connectivity index (χ3n) is 3.45. The van der Waals surface area contributed by atoms with E-state index in [1.807, 2.05) is 6.92 Å². The molecule has 0 bridgehead atoms. The molecular weight excluding hydrogens is 328 g/mol. The zero-order valence-electron chi connectivity index (χ0n) is 12.6. The quantitative estimate of drug-likeness (QED) is 0.798. The Labute approximate surface area is 133 Å². The predicted octanol–water partition coefficient (Wildman–Crippen LogP) is 0.417. The maximum atomic E-state index is 12.8. The van der Waals surface area contributed by atoms with Crippen molar-refractivity contribution in [1.82, 2.24) is 9.62 Å². The minimum absolute atomic E-state index is 0.129. The van der Waals surface area contributed by atoms with Gasteiger partial charge in [-0.3, -0.25) is 9.59 Å². The van der Waals surface area contributed by atoms with Crippen LogP contribution in [0.5, 0.6) is 0 Å². The minimum Gasteiger partial charge on any atom is -0.469 e. The maximum Gasteiger partial charge on any atom is 0.307 e. The average Bonchev–Trinajstić information content (AvgIpc) is 2.80. The fraction of sp³-hybridized carbons (Fsp3) is 0.538. The van der Waals surface area contributed by atoms with Gasteiger partial charge in [0.25, 0.3) is 0 Å². The molecule has 9 heteroatoms. The van der Waals surface area contributed by atoms with E-state index >= 15 is 0 Å². The summed E-state index contributed by atoms with van der Waals surface area (Å²) in [4.78, 5) is 25.2. The molecular formula is C13H18N2O5S2. The molecule has 0 aromatic carbocycles. The zero-order chi connectivity index (χ0) is 16.5. The molecule has 1 aliphatic heterocycles. The van der Waals surface area contributed by atoms with Gasteiger partial charge in [-0.05, 0) is 19.9 Å². The summed E-state index contributed by atoms with van der Waals surface area (Å²) in [7, 11) is -2.63. The molecule has 1 aromatic rings. The molecule has 1 aliphatic rings. The largest absolute Gasteiger partial charge is 0.469 e. The van der Waals surface area contributed by atoms with Crippen LogP contribution in [0.3, 0.4) is 0 Å². The Hall–Kier alpha value is -1.45. The molecule has 1 atom stereocenters. The number of hydrogen-bond acceptors (Lipinski definition) is 6. The van der Waals surface area contributed by atoms with Crippen LogP contribution in [-0.4, -0.2) is 50.8 Å². The van der Waals surface area contributed by atoms with Gasteiger partial charge in [-0.25, -0.2) is 8.42 Å². The van der Waals surface area contributed by atoms with Crippen LogP contribution in [0.4, 0.5) is 0 Å². The summed E-state index contributed by atoms with van der Waals surface area (Å²) in [5.41, 5.74) is 0. The number of hydrogen-bond donors (Lipinski definition) is 1. The number of sulfonamides is 1. The van der Waals surface area contributed by atoms with Crippen molar-refractivity contribution < 1.29 is 22.7 Å². The first-order valence-corrected chi connectivity index (χ1v) is 8.96. The van der Waals surface area contributed by atoms with Crippen molar-refractivity contribution in [2.24, 2.45) is 0 Å². The standard InChI is InChI=1S/C13H18N2O5S2/c1-8-6-11(9(2)21-8)22(18,19)15-5-4-14-13(17)10(15)7-12(16)20-3/h6,10H,4-5,7H2,1-3H3,(H,14,17). The molecule has 0 aliphatic carbocycles. The second-order valence-electron chi connectivity index (χ2n) is 4.98. The third kappa shape index (κ3) is 3.16. The molecule has 22 heavy (non-hydrogen) atoms. The fourth-order valence-electron chi connectivity index (χ4n) is 2.41. The number of amides is 1. The number of esters is 1. The molecule has 1 unspecified atom stereocenters. The van der Waals surface area contributed by atoms with Crippen molar-refractivity contribution in [1.29, 1.82) is 0 Å². The van der Waals surface area contributed by atoms with Crippen molar-refractivity contribution >= 4 is 33.2 Å². The van der Waals surface area contributed by atoms with Crippen LogP contribution in [0.2, 0.25) is 0 Å². The van der Waals surface area contributed by atoms with Gasteiger partial charge in [0.2, 0.25) is 15.9 Å².